The highest BCUT2D eigenvalue weighted by Crippen LogP contribution is 2.34. The van der Waals surface area contributed by atoms with E-state index in [4.69, 9.17) is 11.6 Å². The fraction of sp³-hybridized carbons (Fsp3) is 0.400. The lowest BCUT2D eigenvalue weighted by atomic mass is 10.1. The highest BCUT2D eigenvalue weighted by atomic mass is 35.5. The van der Waals surface area contributed by atoms with Crippen LogP contribution in [-0.2, 0) is 6.54 Å². The molecule has 0 radical (unpaired) electrons. The zero-order valence-electron chi connectivity index (χ0n) is 16.0. The van der Waals surface area contributed by atoms with Gasteiger partial charge in [0.2, 0.25) is 0 Å². The van der Waals surface area contributed by atoms with Crippen molar-refractivity contribution in [3.05, 3.63) is 57.9 Å². The first-order chi connectivity index (χ1) is 14.0. The van der Waals surface area contributed by atoms with Gasteiger partial charge in [-0.2, -0.15) is 13.2 Å². The molecule has 0 spiro atoms. The third kappa shape index (κ3) is 5.76. The van der Waals surface area contributed by atoms with Crippen LogP contribution in [-0.4, -0.2) is 43.0 Å². The van der Waals surface area contributed by atoms with Crippen LogP contribution in [0, 0.1) is 24.4 Å². The summed E-state index contributed by atoms with van der Waals surface area (Å²) in [6, 6.07) is 4.78. The van der Waals surface area contributed by atoms with Crippen LogP contribution < -0.4 is 4.90 Å². The number of piperazine rings is 1. The Kier molecular flexibility index (Phi) is 7.14. The lowest BCUT2D eigenvalue weighted by Gasteiger charge is -2.36. The van der Waals surface area contributed by atoms with Crippen molar-refractivity contribution in [2.24, 2.45) is 0 Å². The largest absolute Gasteiger partial charge is 0.398 e. The van der Waals surface area contributed by atoms with E-state index in [2.05, 4.69) is 0 Å². The molecular weight excluding hydrogens is 450 g/mol. The molecule has 164 valence electrons. The van der Waals surface area contributed by atoms with Crippen LogP contribution >= 0.6 is 23.4 Å². The summed E-state index contributed by atoms with van der Waals surface area (Å²) in [6.45, 7) is 3.20. The van der Waals surface area contributed by atoms with Crippen molar-refractivity contribution in [3.8, 4) is 0 Å². The van der Waals surface area contributed by atoms with Gasteiger partial charge in [0.1, 0.15) is 17.5 Å². The summed E-state index contributed by atoms with van der Waals surface area (Å²) in [5.74, 6) is -3.01. The first kappa shape index (κ1) is 23.1. The van der Waals surface area contributed by atoms with Gasteiger partial charge in [-0.15, -0.1) is 11.8 Å². The number of thioether (sulfide) groups is 1. The normalized spacial score (nSPS) is 15.7. The predicted molar refractivity (Wildman–Crippen MR) is 107 cm³/mol. The van der Waals surface area contributed by atoms with Gasteiger partial charge in [-0.3, -0.25) is 4.90 Å². The van der Waals surface area contributed by atoms with Crippen molar-refractivity contribution >= 4 is 29.1 Å². The summed E-state index contributed by atoms with van der Waals surface area (Å²) in [5.41, 5.74) is 0.590. The molecule has 0 aromatic heterocycles. The van der Waals surface area contributed by atoms with Crippen molar-refractivity contribution in [2.45, 2.75) is 24.5 Å². The zero-order valence-corrected chi connectivity index (χ0v) is 17.6. The number of anilines is 1. The summed E-state index contributed by atoms with van der Waals surface area (Å²) in [5, 5.41) is -0.0207. The van der Waals surface area contributed by atoms with Crippen LogP contribution in [0.3, 0.4) is 0 Å². The minimum Gasteiger partial charge on any atom is -0.367 e. The fourth-order valence-electron chi connectivity index (χ4n) is 3.29. The molecule has 0 bridgehead atoms. The second-order valence-corrected chi connectivity index (χ2v) is 8.54. The highest BCUT2D eigenvalue weighted by molar-refractivity contribution is 7.99. The van der Waals surface area contributed by atoms with Gasteiger partial charge in [0.05, 0.1) is 11.4 Å². The predicted octanol–water partition coefficient (Wildman–Crippen LogP) is 6.04. The molecule has 0 atom stereocenters. The first-order valence-electron chi connectivity index (χ1n) is 9.14. The lowest BCUT2D eigenvalue weighted by Crippen LogP contribution is -2.46. The number of alkyl halides is 3. The quantitative estimate of drug-likeness (QED) is 0.390. The maximum absolute atomic E-state index is 14.5. The number of aryl methyl sites for hydroxylation is 1. The Hall–Kier alpha value is -1.58. The SMILES string of the molecule is Cc1cc(F)c(N2CCN(Cc3c(F)cc(Cl)cc3F)CC2)cc1SCC(F)(F)F. The number of rotatable bonds is 5. The van der Waals surface area contributed by atoms with Crippen LogP contribution in [0.1, 0.15) is 11.1 Å². The molecule has 1 aliphatic heterocycles. The molecule has 1 aliphatic rings. The Morgan fingerprint density at radius 1 is 0.933 bits per heavy atom. The maximum Gasteiger partial charge on any atom is 0.398 e. The smallest absolute Gasteiger partial charge is 0.367 e. The van der Waals surface area contributed by atoms with Crippen LogP contribution in [0.2, 0.25) is 5.02 Å². The average molecular weight is 469 g/mol. The molecule has 10 heteroatoms. The Bertz CT molecular complexity index is 890. The number of halogens is 7. The molecule has 2 nitrogen and oxygen atoms in total. The summed E-state index contributed by atoms with van der Waals surface area (Å²) in [6.07, 6.45) is -4.32. The van der Waals surface area contributed by atoms with Crippen molar-refractivity contribution < 1.29 is 26.3 Å². The van der Waals surface area contributed by atoms with E-state index in [1.54, 1.807) is 11.8 Å². The molecule has 0 N–H and O–H groups in total. The van der Waals surface area contributed by atoms with E-state index < -0.39 is 29.4 Å². The minimum absolute atomic E-state index is 0.0207. The van der Waals surface area contributed by atoms with Crippen LogP contribution in [0.5, 0.6) is 0 Å². The summed E-state index contributed by atoms with van der Waals surface area (Å²) in [7, 11) is 0. The Labute approximate surface area is 179 Å². The third-order valence-corrected chi connectivity index (χ3v) is 6.28. The van der Waals surface area contributed by atoms with E-state index in [0.29, 0.717) is 48.4 Å². The van der Waals surface area contributed by atoms with E-state index in [0.717, 1.165) is 12.1 Å². The summed E-state index contributed by atoms with van der Waals surface area (Å²) >= 11 is 6.26. The Morgan fingerprint density at radius 2 is 1.53 bits per heavy atom. The highest BCUT2D eigenvalue weighted by Gasteiger charge is 2.28. The van der Waals surface area contributed by atoms with Gasteiger partial charge in [-0.05, 0) is 36.8 Å². The molecule has 30 heavy (non-hydrogen) atoms. The van der Waals surface area contributed by atoms with Crippen molar-refractivity contribution in [1.82, 2.24) is 4.90 Å². The topological polar surface area (TPSA) is 6.48 Å². The molecule has 0 amide bonds. The average Bonchev–Trinajstić information content (AvgIpc) is 2.64. The van der Waals surface area contributed by atoms with Gasteiger partial charge in [0.25, 0.3) is 0 Å². The minimum atomic E-state index is -4.32. The molecule has 2 aromatic carbocycles. The molecule has 0 aliphatic carbocycles. The van der Waals surface area contributed by atoms with Gasteiger partial charge < -0.3 is 4.90 Å². The second-order valence-electron chi connectivity index (χ2n) is 7.08. The van der Waals surface area contributed by atoms with Crippen molar-refractivity contribution in [3.63, 3.8) is 0 Å². The standard InChI is InChI=1S/C20H19ClF6N2S/c1-12-6-17(24)18(9-19(12)30-11-20(25,26)27)29-4-2-28(3-5-29)10-14-15(22)7-13(21)8-16(14)23/h6-9H,2-5,10-11H2,1H3. The zero-order chi connectivity index (χ0) is 22.1. The van der Waals surface area contributed by atoms with Crippen molar-refractivity contribution in [2.75, 3.05) is 36.8 Å². The lowest BCUT2D eigenvalue weighted by molar-refractivity contribution is -0.105. The van der Waals surface area contributed by atoms with Crippen LogP contribution in [0.15, 0.2) is 29.2 Å². The number of nitrogens with zero attached hydrogens (tertiary/aromatic N) is 2. The van der Waals surface area contributed by atoms with E-state index in [1.807, 2.05) is 4.90 Å². The summed E-state index contributed by atoms with van der Waals surface area (Å²) < 4.78 is 80.1. The third-order valence-electron chi connectivity index (χ3n) is 4.84. The summed E-state index contributed by atoms with van der Waals surface area (Å²) in [4.78, 5) is 3.94. The fourth-order valence-corrected chi connectivity index (χ4v) is 4.29. The van der Waals surface area contributed by atoms with E-state index >= 15 is 0 Å². The van der Waals surface area contributed by atoms with Crippen molar-refractivity contribution in [1.29, 1.82) is 0 Å². The van der Waals surface area contributed by atoms with Gasteiger partial charge in [-0.25, -0.2) is 13.2 Å². The molecule has 2 aromatic rings. The molecule has 1 heterocycles. The molecule has 3 rings (SSSR count). The molecule has 1 fully saturated rings. The Morgan fingerprint density at radius 3 is 2.10 bits per heavy atom. The molecular formula is C20H19ClF6N2S. The number of hydrogen-bond acceptors (Lipinski definition) is 3. The van der Waals surface area contributed by atoms with E-state index in [-0.39, 0.29) is 22.8 Å². The van der Waals surface area contributed by atoms with Gasteiger partial charge >= 0.3 is 6.18 Å². The maximum atomic E-state index is 14.5. The molecule has 0 unspecified atom stereocenters. The van der Waals surface area contributed by atoms with E-state index in [1.165, 1.54) is 12.1 Å². The Balaban J connectivity index is 1.67. The van der Waals surface area contributed by atoms with Gasteiger partial charge in [0.15, 0.2) is 0 Å². The number of hydrogen-bond donors (Lipinski definition) is 0. The first-order valence-corrected chi connectivity index (χ1v) is 10.5. The molecule has 0 saturated carbocycles. The monoisotopic (exact) mass is 468 g/mol. The van der Waals surface area contributed by atoms with E-state index in [9.17, 15) is 26.3 Å². The number of benzene rings is 2. The molecule has 1 saturated heterocycles. The van der Waals surface area contributed by atoms with Crippen LogP contribution in [0.25, 0.3) is 0 Å². The second kappa shape index (κ2) is 9.28. The van der Waals surface area contributed by atoms with Gasteiger partial charge in [-0.1, -0.05) is 11.6 Å². The van der Waals surface area contributed by atoms with Gasteiger partial charge in [0, 0.05) is 48.2 Å². The van der Waals surface area contributed by atoms with Crippen LogP contribution in [0.4, 0.5) is 32.0 Å².